The van der Waals surface area contributed by atoms with E-state index < -0.39 is 0 Å². The van der Waals surface area contributed by atoms with E-state index in [1.54, 1.807) is 12.1 Å². The maximum absolute atomic E-state index is 11.4. The van der Waals surface area contributed by atoms with Crippen molar-refractivity contribution in [3.05, 3.63) is 53.2 Å². The quantitative estimate of drug-likeness (QED) is 0.475. The zero-order valence-corrected chi connectivity index (χ0v) is 14.1. The number of Topliss-reactive ketones (excluding diaryl/α,β-unsaturated/α-hetero) is 1. The van der Waals surface area contributed by atoms with Crippen LogP contribution in [0.5, 0.6) is 0 Å². The van der Waals surface area contributed by atoms with E-state index in [4.69, 9.17) is 5.26 Å². The summed E-state index contributed by atoms with van der Waals surface area (Å²) in [4.78, 5) is 15.7. The van der Waals surface area contributed by atoms with Gasteiger partial charge in [-0.2, -0.15) is 5.26 Å². The molecule has 0 saturated heterocycles. The molecule has 5 heteroatoms. The molecule has 0 saturated carbocycles. The molecule has 2 aromatic rings. The number of aromatic nitrogens is 1. The van der Waals surface area contributed by atoms with Crippen LogP contribution in [0.2, 0.25) is 0 Å². The fourth-order valence-electron chi connectivity index (χ4n) is 2.16. The van der Waals surface area contributed by atoms with Gasteiger partial charge in [0.25, 0.3) is 0 Å². The summed E-state index contributed by atoms with van der Waals surface area (Å²) in [7, 11) is 1.91. The molecule has 1 heterocycles. The Kier molecular flexibility index (Phi) is 6.19. The van der Waals surface area contributed by atoms with Crippen molar-refractivity contribution in [3.63, 3.8) is 0 Å². The third-order valence-corrected chi connectivity index (χ3v) is 4.48. The van der Waals surface area contributed by atoms with Crippen LogP contribution in [-0.4, -0.2) is 23.6 Å². The Labute approximate surface area is 140 Å². The molecular weight excluding hydrogens is 306 g/mol. The first kappa shape index (κ1) is 17.0. The number of aryl methyl sites for hydroxylation is 1. The van der Waals surface area contributed by atoms with Crippen LogP contribution in [0.4, 0.5) is 5.69 Å². The highest BCUT2D eigenvalue weighted by molar-refractivity contribution is 7.99. The van der Waals surface area contributed by atoms with E-state index in [2.05, 4.69) is 28.5 Å². The van der Waals surface area contributed by atoms with Crippen LogP contribution in [-0.2, 0) is 6.42 Å². The van der Waals surface area contributed by atoms with Crippen molar-refractivity contribution in [2.75, 3.05) is 18.1 Å². The molecule has 0 amide bonds. The van der Waals surface area contributed by atoms with Gasteiger partial charge in [0.2, 0.25) is 0 Å². The molecule has 0 spiro atoms. The molecule has 118 valence electrons. The van der Waals surface area contributed by atoms with Crippen LogP contribution in [0, 0.1) is 11.3 Å². The first-order chi connectivity index (χ1) is 11.1. The number of hydrogen-bond acceptors (Lipinski definition) is 5. The van der Waals surface area contributed by atoms with E-state index in [9.17, 15) is 4.79 Å². The number of anilines is 1. The predicted molar refractivity (Wildman–Crippen MR) is 94.0 cm³/mol. The maximum atomic E-state index is 11.4. The van der Waals surface area contributed by atoms with E-state index in [-0.39, 0.29) is 5.78 Å². The lowest BCUT2D eigenvalue weighted by Crippen LogP contribution is -2.00. The number of carbonyl (C=O) groups excluding carboxylic acids is 1. The van der Waals surface area contributed by atoms with Gasteiger partial charge in [-0.15, -0.1) is 11.8 Å². The average molecular weight is 325 g/mol. The van der Waals surface area contributed by atoms with E-state index >= 15 is 0 Å². The topological polar surface area (TPSA) is 65.8 Å². The molecule has 0 aliphatic rings. The molecule has 2 rings (SSSR count). The van der Waals surface area contributed by atoms with E-state index in [1.807, 2.05) is 19.2 Å². The standard InChI is InChI=1S/C18H19N3OS/c1-13(22)17-9-8-15(12-19)18(21-17)23-10-4-6-14-5-3-7-16(11-14)20-2/h3,5,7-9,11,20H,4,6,10H2,1-2H3. The molecule has 23 heavy (non-hydrogen) atoms. The molecule has 0 aliphatic carbocycles. The highest BCUT2D eigenvalue weighted by atomic mass is 32.2. The zero-order chi connectivity index (χ0) is 16.7. The molecule has 0 unspecified atom stereocenters. The van der Waals surface area contributed by atoms with Crippen molar-refractivity contribution in [1.29, 1.82) is 5.26 Å². The van der Waals surface area contributed by atoms with Gasteiger partial charge in [-0.1, -0.05) is 12.1 Å². The molecular formula is C18H19N3OS. The summed E-state index contributed by atoms with van der Waals surface area (Å²) >= 11 is 1.53. The molecule has 0 radical (unpaired) electrons. The lowest BCUT2D eigenvalue weighted by Gasteiger charge is -2.06. The molecule has 0 fully saturated rings. The van der Waals surface area contributed by atoms with Crippen molar-refractivity contribution in [3.8, 4) is 6.07 Å². The minimum Gasteiger partial charge on any atom is -0.388 e. The average Bonchev–Trinajstić information content (AvgIpc) is 2.58. The second kappa shape index (κ2) is 8.35. The summed E-state index contributed by atoms with van der Waals surface area (Å²) in [5, 5.41) is 12.9. The number of nitrogens with zero attached hydrogens (tertiary/aromatic N) is 2. The minimum atomic E-state index is -0.0831. The van der Waals surface area contributed by atoms with Gasteiger partial charge in [0.15, 0.2) is 5.78 Å². The van der Waals surface area contributed by atoms with E-state index in [1.165, 1.54) is 24.2 Å². The second-order valence-electron chi connectivity index (χ2n) is 5.12. The molecule has 0 bridgehead atoms. The van der Waals surface area contributed by atoms with E-state index in [0.717, 1.165) is 24.3 Å². The third-order valence-electron chi connectivity index (χ3n) is 3.41. The van der Waals surface area contributed by atoms with E-state index in [0.29, 0.717) is 16.3 Å². The number of nitriles is 1. The number of carbonyl (C=O) groups is 1. The number of nitrogens with one attached hydrogen (secondary N) is 1. The molecule has 1 aromatic carbocycles. The molecule has 0 atom stereocenters. The monoisotopic (exact) mass is 325 g/mol. The van der Waals surface area contributed by atoms with Gasteiger partial charge in [0.1, 0.15) is 16.8 Å². The SMILES string of the molecule is CNc1cccc(CCCSc2nc(C(C)=O)ccc2C#N)c1. The minimum absolute atomic E-state index is 0.0831. The fourth-order valence-corrected chi connectivity index (χ4v) is 3.07. The van der Waals surface area contributed by atoms with Gasteiger partial charge < -0.3 is 5.32 Å². The van der Waals surface area contributed by atoms with Crippen LogP contribution in [0.15, 0.2) is 41.4 Å². The van der Waals surface area contributed by atoms with Crippen LogP contribution in [0.1, 0.15) is 35.0 Å². The second-order valence-corrected chi connectivity index (χ2v) is 6.20. The number of rotatable bonds is 7. The van der Waals surface area contributed by atoms with Gasteiger partial charge in [-0.3, -0.25) is 4.79 Å². The predicted octanol–water partition coefficient (Wildman–Crippen LogP) is 3.92. The Bertz CT molecular complexity index is 737. The van der Waals surface area contributed by atoms with Crippen molar-refractivity contribution in [2.24, 2.45) is 0 Å². The summed E-state index contributed by atoms with van der Waals surface area (Å²) < 4.78 is 0. The van der Waals surface area contributed by atoms with Crippen LogP contribution < -0.4 is 5.32 Å². The normalized spacial score (nSPS) is 10.1. The van der Waals surface area contributed by atoms with Crippen molar-refractivity contribution >= 4 is 23.2 Å². The first-order valence-electron chi connectivity index (χ1n) is 7.45. The third kappa shape index (κ3) is 4.83. The summed E-state index contributed by atoms with van der Waals surface area (Å²) in [6.07, 6.45) is 1.95. The number of ketones is 1. The summed E-state index contributed by atoms with van der Waals surface area (Å²) in [6, 6.07) is 13.7. The highest BCUT2D eigenvalue weighted by Gasteiger charge is 2.09. The largest absolute Gasteiger partial charge is 0.388 e. The van der Waals surface area contributed by atoms with Crippen molar-refractivity contribution in [2.45, 2.75) is 24.8 Å². The highest BCUT2D eigenvalue weighted by Crippen LogP contribution is 2.22. The Morgan fingerprint density at radius 2 is 2.17 bits per heavy atom. The van der Waals surface area contributed by atoms with Gasteiger partial charge in [0.05, 0.1) is 5.56 Å². The number of hydrogen-bond donors (Lipinski definition) is 1. The van der Waals surface area contributed by atoms with Crippen LogP contribution in [0.3, 0.4) is 0 Å². The Morgan fingerprint density at radius 3 is 2.87 bits per heavy atom. The van der Waals surface area contributed by atoms with Crippen LogP contribution >= 0.6 is 11.8 Å². The molecule has 0 aliphatic heterocycles. The van der Waals surface area contributed by atoms with Gasteiger partial charge in [-0.05, 0) is 48.4 Å². The van der Waals surface area contributed by atoms with Crippen molar-refractivity contribution in [1.82, 2.24) is 4.98 Å². The molecule has 4 nitrogen and oxygen atoms in total. The van der Waals surface area contributed by atoms with Gasteiger partial charge >= 0.3 is 0 Å². The number of pyridine rings is 1. The Balaban J connectivity index is 1.94. The van der Waals surface area contributed by atoms with Crippen LogP contribution in [0.25, 0.3) is 0 Å². The first-order valence-corrected chi connectivity index (χ1v) is 8.44. The Morgan fingerprint density at radius 1 is 1.35 bits per heavy atom. The smallest absolute Gasteiger partial charge is 0.178 e. The lowest BCUT2D eigenvalue weighted by atomic mass is 10.1. The summed E-state index contributed by atoms with van der Waals surface area (Å²) in [6.45, 7) is 1.48. The van der Waals surface area contributed by atoms with Crippen molar-refractivity contribution < 1.29 is 4.79 Å². The Hall–Kier alpha value is -2.32. The fraction of sp³-hybridized carbons (Fsp3) is 0.278. The molecule has 1 aromatic heterocycles. The number of thioether (sulfide) groups is 1. The van der Waals surface area contributed by atoms with Gasteiger partial charge in [-0.25, -0.2) is 4.98 Å². The summed E-state index contributed by atoms with van der Waals surface area (Å²) in [5.41, 5.74) is 3.33. The lowest BCUT2D eigenvalue weighted by molar-refractivity contribution is 0.101. The molecule has 1 N–H and O–H groups in total. The maximum Gasteiger partial charge on any atom is 0.178 e. The number of benzene rings is 1. The summed E-state index contributed by atoms with van der Waals surface area (Å²) in [5.74, 6) is 0.771. The zero-order valence-electron chi connectivity index (χ0n) is 13.3. The van der Waals surface area contributed by atoms with Gasteiger partial charge in [0, 0.05) is 19.7 Å².